The standard InChI is InChI=1S/C16H13ClN2O2/c1-10-5-12-6-13(17)15(7-14(12)19-16(10)20)21-9-11-3-2-4-18-8-11/h2-8H,9H2,1H3,(H,19,20). The Hall–Kier alpha value is -2.33. The quantitative estimate of drug-likeness (QED) is 0.806. The summed E-state index contributed by atoms with van der Waals surface area (Å²) < 4.78 is 5.71. The maximum absolute atomic E-state index is 11.7. The number of halogens is 1. The van der Waals surface area contributed by atoms with Crippen molar-refractivity contribution in [3.63, 3.8) is 0 Å². The number of hydrogen-bond acceptors (Lipinski definition) is 3. The first-order valence-corrected chi connectivity index (χ1v) is 6.86. The van der Waals surface area contributed by atoms with Gasteiger partial charge in [0.25, 0.3) is 5.56 Å². The molecule has 0 fully saturated rings. The number of nitrogens with zero attached hydrogens (tertiary/aromatic N) is 1. The molecule has 106 valence electrons. The molecule has 0 unspecified atom stereocenters. The summed E-state index contributed by atoms with van der Waals surface area (Å²) >= 11 is 6.23. The van der Waals surface area contributed by atoms with Crippen LogP contribution >= 0.6 is 11.6 Å². The fourth-order valence-electron chi connectivity index (χ4n) is 2.07. The van der Waals surface area contributed by atoms with Crippen molar-refractivity contribution in [3.05, 3.63) is 69.2 Å². The molecule has 0 amide bonds. The Morgan fingerprint density at radius 3 is 2.95 bits per heavy atom. The smallest absolute Gasteiger partial charge is 0.251 e. The highest BCUT2D eigenvalue weighted by Crippen LogP contribution is 2.29. The average molecular weight is 301 g/mol. The molecule has 21 heavy (non-hydrogen) atoms. The van der Waals surface area contributed by atoms with Crippen molar-refractivity contribution in [3.8, 4) is 5.75 Å². The van der Waals surface area contributed by atoms with E-state index in [2.05, 4.69) is 9.97 Å². The molecule has 0 saturated heterocycles. The minimum atomic E-state index is -0.108. The summed E-state index contributed by atoms with van der Waals surface area (Å²) in [4.78, 5) is 18.5. The van der Waals surface area contributed by atoms with E-state index in [9.17, 15) is 4.79 Å². The SMILES string of the molecule is Cc1cc2cc(Cl)c(OCc3cccnc3)cc2[nH]c1=O. The van der Waals surface area contributed by atoms with Crippen molar-refractivity contribution >= 4 is 22.5 Å². The summed E-state index contributed by atoms with van der Waals surface area (Å²) in [6, 6.07) is 9.12. The van der Waals surface area contributed by atoms with E-state index in [0.717, 1.165) is 10.9 Å². The monoisotopic (exact) mass is 300 g/mol. The second-order valence-corrected chi connectivity index (χ2v) is 5.21. The van der Waals surface area contributed by atoms with Crippen LogP contribution in [0.3, 0.4) is 0 Å². The van der Waals surface area contributed by atoms with Crippen LogP contribution in [0.5, 0.6) is 5.75 Å². The van der Waals surface area contributed by atoms with Crippen molar-refractivity contribution in [2.45, 2.75) is 13.5 Å². The third-order valence-electron chi connectivity index (χ3n) is 3.20. The number of aryl methyl sites for hydroxylation is 1. The molecule has 0 bridgehead atoms. The normalized spacial score (nSPS) is 10.8. The average Bonchev–Trinajstić information content (AvgIpc) is 2.48. The number of benzene rings is 1. The largest absolute Gasteiger partial charge is 0.487 e. The molecular formula is C16H13ClN2O2. The van der Waals surface area contributed by atoms with E-state index in [-0.39, 0.29) is 5.56 Å². The van der Waals surface area contributed by atoms with Crippen LogP contribution in [0.25, 0.3) is 10.9 Å². The van der Waals surface area contributed by atoms with E-state index < -0.39 is 0 Å². The van der Waals surface area contributed by atoms with Gasteiger partial charge < -0.3 is 9.72 Å². The number of pyridine rings is 2. The molecule has 0 radical (unpaired) electrons. The number of rotatable bonds is 3. The van der Waals surface area contributed by atoms with E-state index in [0.29, 0.717) is 28.5 Å². The maximum atomic E-state index is 11.7. The first kappa shape index (κ1) is 13.6. The first-order chi connectivity index (χ1) is 10.1. The summed E-state index contributed by atoms with van der Waals surface area (Å²) in [6.45, 7) is 2.13. The van der Waals surface area contributed by atoms with Crippen LogP contribution in [0.1, 0.15) is 11.1 Å². The van der Waals surface area contributed by atoms with E-state index in [1.807, 2.05) is 18.2 Å². The zero-order chi connectivity index (χ0) is 14.8. The lowest BCUT2D eigenvalue weighted by atomic mass is 10.1. The van der Waals surface area contributed by atoms with Crippen LogP contribution < -0.4 is 10.3 Å². The van der Waals surface area contributed by atoms with Crippen LogP contribution in [-0.2, 0) is 6.61 Å². The lowest BCUT2D eigenvalue weighted by Crippen LogP contribution is -2.08. The first-order valence-electron chi connectivity index (χ1n) is 6.48. The van der Waals surface area contributed by atoms with Crippen LogP contribution in [0.2, 0.25) is 5.02 Å². The van der Waals surface area contributed by atoms with E-state index in [1.165, 1.54) is 0 Å². The molecule has 0 atom stereocenters. The van der Waals surface area contributed by atoms with Gasteiger partial charge in [-0.1, -0.05) is 17.7 Å². The van der Waals surface area contributed by atoms with Crippen LogP contribution in [0.4, 0.5) is 0 Å². The molecule has 5 heteroatoms. The molecule has 1 aromatic carbocycles. The number of aromatic nitrogens is 2. The van der Waals surface area contributed by atoms with Gasteiger partial charge in [-0.05, 0) is 25.1 Å². The molecule has 4 nitrogen and oxygen atoms in total. The highest BCUT2D eigenvalue weighted by molar-refractivity contribution is 6.32. The van der Waals surface area contributed by atoms with Gasteiger partial charge in [0.05, 0.1) is 10.5 Å². The van der Waals surface area contributed by atoms with Gasteiger partial charge in [0, 0.05) is 35.0 Å². The second kappa shape index (κ2) is 5.58. The van der Waals surface area contributed by atoms with Gasteiger partial charge in [0.1, 0.15) is 12.4 Å². The number of H-pyrrole nitrogens is 1. The lowest BCUT2D eigenvalue weighted by Gasteiger charge is -2.09. The van der Waals surface area contributed by atoms with Crippen molar-refractivity contribution in [1.29, 1.82) is 0 Å². The Balaban J connectivity index is 1.93. The van der Waals surface area contributed by atoms with E-state index in [1.54, 1.807) is 31.5 Å². The third kappa shape index (κ3) is 2.90. The molecule has 0 aliphatic rings. The van der Waals surface area contributed by atoms with Crippen molar-refractivity contribution < 1.29 is 4.74 Å². The fourth-order valence-corrected chi connectivity index (χ4v) is 2.30. The summed E-state index contributed by atoms with van der Waals surface area (Å²) in [6.07, 6.45) is 3.44. The van der Waals surface area contributed by atoms with Gasteiger partial charge in [-0.2, -0.15) is 0 Å². The number of hydrogen-bond donors (Lipinski definition) is 1. The predicted octanol–water partition coefficient (Wildman–Crippen LogP) is 3.46. The number of aromatic amines is 1. The summed E-state index contributed by atoms with van der Waals surface area (Å²) in [5, 5.41) is 1.39. The second-order valence-electron chi connectivity index (χ2n) is 4.80. The zero-order valence-electron chi connectivity index (χ0n) is 11.4. The molecule has 0 aliphatic carbocycles. The van der Waals surface area contributed by atoms with Crippen molar-refractivity contribution in [2.75, 3.05) is 0 Å². The highest BCUT2D eigenvalue weighted by Gasteiger charge is 2.07. The molecule has 0 saturated carbocycles. The molecule has 2 heterocycles. The third-order valence-corrected chi connectivity index (χ3v) is 3.49. The highest BCUT2D eigenvalue weighted by atomic mass is 35.5. The van der Waals surface area contributed by atoms with Gasteiger partial charge in [-0.3, -0.25) is 9.78 Å². The Morgan fingerprint density at radius 1 is 1.33 bits per heavy atom. The van der Waals surface area contributed by atoms with Gasteiger partial charge in [-0.15, -0.1) is 0 Å². The lowest BCUT2D eigenvalue weighted by molar-refractivity contribution is 0.306. The molecule has 3 rings (SSSR count). The van der Waals surface area contributed by atoms with E-state index in [4.69, 9.17) is 16.3 Å². The Kier molecular flexibility index (Phi) is 3.62. The van der Waals surface area contributed by atoms with Crippen LogP contribution in [0.15, 0.2) is 47.5 Å². The van der Waals surface area contributed by atoms with Gasteiger partial charge in [0.2, 0.25) is 0 Å². The van der Waals surface area contributed by atoms with Gasteiger partial charge >= 0.3 is 0 Å². The zero-order valence-corrected chi connectivity index (χ0v) is 12.1. The maximum Gasteiger partial charge on any atom is 0.251 e. The van der Waals surface area contributed by atoms with Crippen LogP contribution in [-0.4, -0.2) is 9.97 Å². The number of ether oxygens (including phenoxy) is 1. The predicted molar refractivity (Wildman–Crippen MR) is 82.9 cm³/mol. The summed E-state index contributed by atoms with van der Waals surface area (Å²) in [7, 11) is 0. The minimum absolute atomic E-state index is 0.108. The molecule has 3 aromatic rings. The van der Waals surface area contributed by atoms with Crippen LogP contribution in [0, 0.1) is 6.92 Å². The Labute approximate surface area is 126 Å². The Morgan fingerprint density at radius 2 is 2.19 bits per heavy atom. The molecule has 0 aliphatic heterocycles. The van der Waals surface area contributed by atoms with Crippen molar-refractivity contribution in [1.82, 2.24) is 9.97 Å². The molecule has 2 aromatic heterocycles. The Bertz CT molecular complexity index is 844. The minimum Gasteiger partial charge on any atom is -0.487 e. The fraction of sp³-hybridized carbons (Fsp3) is 0.125. The molecule has 1 N–H and O–H groups in total. The van der Waals surface area contributed by atoms with Gasteiger partial charge in [-0.25, -0.2) is 0 Å². The van der Waals surface area contributed by atoms with E-state index >= 15 is 0 Å². The summed E-state index contributed by atoms with van der Waals surface area (Å²) in [5.41, 5.74) is 2.20. The van der Waals surface area contributed by atoms with Gasteiger partial charge in [0.15, 0.2) is 0 Å². The summed E-state index contributed by atoms with van der Waals surface area (Å²) in [5.74, 6) is 0.535. The molecule has 0 spiro atoms. The topological polar surface area (TPSA) is 55.0 Å². The van der Waals surface area contributed by atoms with Crippen molar-refractivity contribution in [2.24, 2.45) is 0 Å². The number of nitrogens with one attached hydrogen (secondary N) is 1. The molecular weight excluding hydrogens is 288 g/mol. The number of fused-ring (bicyclic) bond motifs is 1.